The molecule has 4 bridgehead atoms. The molecule has 8 heterocycles. The average molecular weight is 1710 g/mol. The summed E-state index contributed by atoms with van der Waals surface area (Å²) < 4.78 is 159. The molecule has 110 heavy (non-hydrogen) atoms. The molecule has 12 rings (SSSR count). The van der Waals surface area contributed by atoms with E-state index in [0.717, 1.165) is 138 Å². The van der Waals surface area contributed by atoms with Gasteiger partial charge in [0.15, 0.2) is 21.1 Å². The first-order valence-corrected chi connectivity index (χ1v) is 36.3. The average Bonchev–Trinajstić information content (AvgIpc) is 1.74. The van der Waals surface area contributed by atoms with Gasteiger partial charge in [0, 0.05) is 67.1 Å². The van der Waals surface area contributed by atoms with Crippen LogP contribution >= 0.6 is 0 Å². The van der Waals surface area contributed by atoms with E-state index in [0.29, 0.717) is 105 Å². The number of aromatic nitrogens is 10. The molecule has 43 nitrogen and oxygen atoms in total. The summed E-state index contributed by atoms with van der Waals surface area (Å²) in [4.78, 5) is 77.2. The second-order valence-electron chi connectivity index (χ2n) is 22.2. The van der Waals surface area contributed by atoms with E-state index in [-0.39, 0.29) is 34.1 Å². The van der Waals surface area contributed by atoms with Crippen molar-refractivity contribution in [1.82, 2.24) is 69.4 Å². The van der Waals surface area contributed by atoms with Crippen molar-refractivity contribution in [2.75, 3.05) is 100 Å². The minimum absolute atomic E-state index is 0. The number of hydrogen-bond acceptors (Lipinski definition) is 36. The molecule has 2 aliphatic heterocycles. The van der Waals surface area contributed by atoms with Gasteiger partial charge in [-0.1, -0.05) is 60.7 Å². The van der Waals surface area contributed by atoms with Gasteiger partial charge >= 0.3 is 34.1 Å². The Hall–Kier alpha value is -7.50. The Kier molecular flexibility index (Phi) is 45.9. The number of H-pyrrole nitrogens is 4. The zero-order chi connectivity index (χ0) is 79.9. The van der Waals surface area contributed by atoms with E-state index in [1.165, 1.54) is 0 Å². The number of pyridine rings is 2. The van der Waals surface area contributed by atoms with Crippen LogP contribution in [-0.2, 0) is 105 Å². The van der Waals surface area contributed by atoms with Crippen molar-refractivity contribution in [2.45, 2.75) is 52.4 Å². The number of hydrogen-bond donors (Lipinski definition) is 4. The standard InChI is InChI=1S/2C29H33N7O2.3CH3NO2.4ClHO4.2Mn/c2*1-2-9-25-24(8-1)31-28(32-25)20-35-12-14-37-16-17-38-15-13-36(19-23-7-5-6-22(18-35)30-23)21-29-33-26-10-3-4-11-27(26)34-29;3*1-2(3)4;4*2-1(3,4)5;;/h2*1-11H,12-21H2,(H,31,32)(H,33,34);3*1H3;4*(H,2,3,4,5);;/q;;;;;;;;;2*+2/p-4. The fourth-order valence-electron chi connectivity index (χ4n) is 9.77. The predicted octanol–water partition coefficient (Wildman–Crippen LogP) is -11.6. The number of benzene rings is 4. The van der Waals surface area contributed by atoms with E-state index >= 15 is 0 Å². The molecule has 0 amide bonds. The maximum absolute atomic E-state index is 8.81. The molecule has 0 saturated heterocycles. The van der Waals surface area contributed by atoms with Crippen LogP contribution in [0.3, 0.4) is 0 Å². The van der Waals surface area contributed by atoms with Gasteiger partial charge in [0.2, 0.25) is 0 Å². The topological polar surface area (TPSA) is 689 Å². The molecule has 49 heteroatoms. The summed E-state index contributed by atoms with van der Waals surface area (Å²) in [6.07, 6.45) is 0. The van der Waals surface area contributed by atoms with Crippen LogP contribution in [0.1, 0.15) is 46.1 Å². The molecular formula is C61H75Cl4Mn2N17O26. The van der Waals surface area contributed by atoms with Gasteiger partial charge in [-0.05, 0) is 72.8 Å². The van der Waals surface area contributed by atoms with Crippen LogP contribution in [0.5, 0.6) is 0 Å². The second-order valence-corrected chi connectivity index (χ2v) is 25.2. The normalized spacial score (nSPS) is 14.6. The van der Waals surface area contributed by atoms with Crippen molar-refractivity contribution in [2.24, 2.45) is 0 Å². The van der Waals surface area contributed by atoms with Crippen molar-refractivity contribution in [1.29, 1.82) is 0 Å². The van der Waals surface area contributed by atoms with Gasteiger partial charge in [-0.3, -0.25) is 59.9 Å². The number of nitrogens with one attached hydrogen (secondary N) is 4. The first kappa shape index (κ1) is 98.6. The summed E-state index contributed by atoms with van der Waals surface area (Å²) >= 11 is 0. The van der Waals surface area contributed by atoms with Crippen LogP contribution in [0.25, 0.3) is 44.1 Å². The molecule has 4 aromatic carbocycles. The third-order valence-corrected chi connectivity index (χ3v) is 13.5. The second kappa shape index (κ2) is 51.2. The summed E-state index contributed by atoms with van der Waals surface area (Å²) in [7, 11) is -17.1. The summed E-state index contributed by atoms with van der Waals surface area (Å²) in [5, 5.41) is 26.4. The van der Waals surface area contributed by atoms with E-state index in [1.54, 1.807) is 0 Å². The maximum atomic E-state index is 8.81. The van der Waals surface area contributed by atoms with E-state index in [1.807, 2.05) is 72.8 Å². The number of nitrogens with zero attached hydrogens (tertiary/aromatic N) is 13. The molecule has 0 unspecified atom stereocenters. The minimum Gasteiger partial charge on any atom is -0.378 e. The van der Waals surface area contributed by atoms with Gasteiger partial charge in [-0.15, -0.1) is 41.0 Å². The van der Waals surface area contributed by atoms with Gasteiger partial charge < -0.3 is 38.9 Å². The first-order valence-electron chi connectivity index (χ1n) is 31.3. The van der Waals surface area contributed by atoms with Gasteiger partial charge in [-0.2, -0.15) is 0 Å². The minimum atomic E-state index is -4.94. The van der Waals surface area contributed by atoms with E-state index in [9.17, 15) is 0 Å². The number of rotatable bonds is 8. The summed E-state index contributed by atoms with van der Waals surface area (Å²) in [5.41, 5.74) is 12.3. The molecule has 10 aromatic rings. The van der Waals surface area contributed by atoms with Crippen molar-refractivity contribution in [3.8, 4) is 0 Å². The van der Waals surface area contributed by atoms with Crippen molar-refractivity contribution < 1.29 is 183 Å². The fraction of sp³-hybridized carbons (Fsp3) is 0.377. The van der Waals surface area contributed by atoms with Crippen LogP contribution in [0.4, 0.5) is 0 Å². The van der Waals surface area contributed by atoms with Gasteiger partial charge in [0.1, 0.15) is 23.3 Å². The number of para-hydroxylation sites is 8. The summed E-state index contributed by atoms with van der Waals surface area (Å²) in [6, 6.07) is 45.1. The number of ether oxygens (including phenoxy) is 4. The number of aromatic amines is 4. The molecule has 2 radical (unpaired) electrons. The fourth-order valence-corrected chi connectivity index (χ4v) is 9.77. The quantitative estimate of drug-likeness (QED) is 0.0623. The molecule has 6 aromatic heterocycles. The van der Waals surface area contributed by atoms with Crippen LogP contribution < -0.4 is 74.5 Å². The Morgan fingerprint density at radius 2 is 0.482 bits per heavy atom. The van der Waals surface area contributed by atoms with Crippen LogP contribution in [-0.4, -0.2) is 184 Å². The zero-order valence-corrected chi connectivity index (χ0v) is 63.9. The van der Waals surface area contributed by atoms with Crippen molar-refractivity contribution in [3.63, 3.8) is 0 Å². The van der Waals surface area contributed by atoms with Gasteiger partial charge in [0.25, 0.3) is 0 Å². The molecular weight excluding hydrogens is 1640 g/mol. The van der Waals surface area contributed by atoms with Crippen molar-refractivity contribution in [3.05, 3.63) is 210 Å². The Balaban J connectivity index is 0.000000530. The van der Waals surface area contributed by atoms with Crippen LogP contribution in [0.2, 0.25) is 0 Å². The van der Waals surface area contributed by atoms with Gasteiger partial charge in [-0.25, -0.2) is 94.5 Å². The zero-order valence-electron chi connectivity index (χ0n) is 58.5. The van der Waals surface area contributed by atoms with Crippen LogP contribution in [0, 0.1) is 71.3 Å². The third kappa shape index (κ3) is 49.0. The Bertz CT molecular complexity index is 3570. The number of imidazole rings is 4. The smallest absolute Gasteiger partial charge is 0.378 e. The van der Waals surface area contributed by atoms with E-state index < -0.39 is 55.7 Å². The van der Waals surface area contributed by atoms with Crippen LogP contribution in [0.15, 0.2) is 133 Å². The summed E-state index contributed by atoms with van der Waals surface area (Å²) in [6.45, 7) is 13.6. The number of nitro groups is 3. The summed E-state index contributed by atoms with van der Waals surface area (Å²) in [5.74, 6) is 3.78. The third-order valence-electron chi connectivity index (χ3n) is 13.5. The molecule has 2 aliphatic rings. The first-order chi connectivity index (χ1) is 50.8. The SMILES string of the molecule is C[N+](=O)[O-].C[N+](=O)[O-].C[N+](=O)[O-].[Mn+2].[Mn+2].[O-][Cl+3]([O-])([O-])[O-].[O-][Cl+3]([O-])([O-])[O-].[O-][Cl+3]([O-])([O-])[O-].[O-][Cl+3]([O-])([O-])[O-].c1cc2nc(c1)CN(Cc1nc3ccccc3[nH]1)CCOCCOCCN(Cc1nc3ccccc3[nH]1)C2.c1cc2nc(c1)CN(Cc1nc3ccccc3[nH]1)CCOCCOCCN(Cc1nc3ccccc3[nH]1)C2. The predicted molar refractivity (Wildman–Crippen MR) is 331 cm³/mol. The van der Waals surface area contributed by atoms with Crippen molar-refractivity contribution >= 4 is 44.1 Å². The molecule has 602 valence electrons. The number of fused-ring (bicyclic) bond motifs is 8. The molecule has 0 spiro atoms. The Labute approximate surface area is 655 Å². The Morgan fingerprint density at radius 1 is 0.309 bits per heavy atom. The molecule has 4 N–H and O–H groups in total. The van der Waals surface area contributed by atoms with E-state index in [2.05, 4.69) is 100 Å². The molecule has 0 atom stereocenters. The monoisotopic (exact) mass is 1710 g/mol. The van der Waals surface area contributed by atoms with Gasteiger partial charge in [0.05, 0.1) is 146 Å². The molecule has 0 fully saturated rings. The molecule has 0 saturated carbocycles. The Morgan fingerprint density at radius 3 is 0.655 bits per heavy atom. The number of halogens is 4. The van der Waals surface area contributed by atoms with E-state index in [4.69, 9.17) is 154 Å². The largest absolute Gasteiger partial charge is 2.00 e. The molecule has 0 aliphatic carbocycles. The maximum Gasteiger partial charge on any atom is 2.00 e.